The predicted molar refractivity (Wildman–Crippen MR) is 83.7 cm³/mol. The second-order valence-electron chi connectivity index (χ2n) is 4.85. The Morgan fingerprint density at radius 2 is 2.04 bits per heavy atom. The van der Waals surface area contributed by atoms with E-state index in [1.165, 1.54) is 10.9 Å². The Kier molecular flexibility index (Phi) is 4.00. The van der Waals surface area contributed by atoms with Crippen LogP contribution in [-0.4, -0.2) is 36.8 Å². The monoisotopic (exact) mass is 313 g/mol. The summed E-state index contributed by atoms with van der Waals surface area (Å²) in [7, 11) is 0. The Morgan fingerprint density at radius 3 is 2.83 bits per heavy atom. The average Bonchev–Trinajstić information content (AvgIpc) is 3.12. The molecule has 0 radical (unpaired) electrons. The maximum Gasteiger partial charge on any atom is 0.248 e. The number of aromatic nitrogens is 5. The van der Waals surface area contributed by atoms with Crippen molar-refractivity contribution in [3.8, 4) is 0 Å². The molecule has 1 aromatic carbocycles. The van der Waals surface area contributed by atoms with Gasteiger partial charge < -0.3 is 10.3 Å². The van der Waals surface area contributed by atoms with Crippen molar-refractivity contribution in [2.45, 2.75) is 19.9 Å². The molecule has 2 aromatic heterocycles. The number of fused-ring (bicyclic) bond motifs is 1. The predicted octanol–water partition coefficient (Wildman–Crippen LogP) is 1.14. The summed E-state index contributed by atoms with van der Waals surface area (Å²) < 4.78 is 1.34. The Hall–Kier alpha value is -3.23. The van der Waals surface area contributed by atoms with Crippen molar-refractivity contribution in [1.29, 1.82) is 0 Å². The van der Waals surface area contributed by atoms with E-state index >= 15 is 0 Å². The number of amides is 2. The van der Waals surface area contributed by atoms with Gasteiger partial charge >= 0.3 is 0 Å². The van der Waals surface area contributed by atoms with Crippen LogP contribution < -0.4 is 10.6 Å². The SMILES string of the molecule is CCC(=O)Nc1cn(CC(=O)Nc2nc3ccccc3[nH]2)nn1. The largest absolute Gasteiger partial charge is 0.324 e. The molecule has 0 saturated carbocycles. The molecule has 0 atom stereocenters. The maximum absolute atomic E-state index is 12.0. The first kappa shape index (κ1) is 14.7. The highest BCUT2D eigenvalue weighted by Crippen LogP contribution is 2.13. The van der Waals surface area contributed by atoms with Crippen LogP contribution in [0.15, 0.2) is 30.5 Å². The molecule has 0 saturated heterocycles. The van der Waals surface area contributed by atoms with E-state index in [-0.39, 0.29) is 18.4 Å². The Bertz CT molecular complexity index is 819. The van der Waals surface area contributed by atoms with Gasteiger partial charge in [0.1, 0.15) is 6.54 Å². The highest BCUT2D eigenvalue weighted by Gasteiger charge is 2.10. The van der Waals surface area contributed by atoms with Crippen molar-refractivity contribution in [2.75, 3.05) is 10.6 Å². The normalized spacial score (nSPS) is 10.7. The molecule has 0 unspecified atom stereocenters. The minimum atomic E-state index is -0.303. The van der Waals surface area contributed by atoms with Crippen molar-refractivity contribution >= 4 is 34.6 Å². The van der Waals surface area contributed by atoms with Gasteiger partial charge in [-0.2, -0.15) is 0 Å². The molecule has 0 aliphatic carbocycles. The number of aromatic amines is 1. The van der Waals surface area contributed by atoms with Crippen LogP contribution in [0.5, 0.6) is 0 Å². The number of imidazole rings is 1. The maximum atomic E-state index is 12.0. The third kappa shape index (κ3) is 3.51. The number of benzene rings is 1. The van der Waals surface area contributed by atoms with Gasteiger partial charge in [-0.05, 0) is 12.1 Å². The number of hydrogen-bond acceptors (Lipinski definition) is 5. The molecule has 118 valence electrons. The molecule has 0 spiro atoms. The molecular weight excluding hydrogens is 298 g/mol. The second kappa shape index (κ2) is 6.26. The Morgan fingerprint density at radius 1 is 1.22 bits per heavy atom. The lowest BCUT2D eigenvalue weighted by Gasteiger charge is -2.01. The van der Waals surface area contributed by atoms with Crippen LogP contribution in [0.1, 0.15) is 13.3 Å². The fourth-order valence-corrected chi connectivity index (χ4v) is 1.99. The van der Waals surface area contributed by atoms with E-state index in [4.69, 9.17) is 0 Å². The van der Waals surface area contributed by atoms with E-state index in [9.17, 15) is 9.59 Å². The van der Waals surface area contributed by atoms with E-state index in [0.29, 0.717) is 18.2 Å². The number of nitrogens with one attached hydrogen (secondary N) is 3. The molecule has 23 heavy (non-hydrogen) atoms. The lowest BCUT2D eigenvalue weighted by atomic mass is 10.3. The molecule has 0 aliphatic rings. The van der Waals surface area contributed by atoms with Crippen LogP contribution in [0.2, 0.25) is 0 Å². The second-order valence-corrected chi connectivity index (χ2v) is 4.85. The minimum absolute atomic E-state index is 0.0357. The van der Waals surface area contributed by atoms with Gasteiger partial charge in [0.15, 0.2) is 5.82 Å². The first-order valence-electron chi connectivity index (χ1n) is 7.08. The summed E-state index contributed by atoms with van der Waals surface area (Å²) in [6, 6.07) is 7.48. The van der Waals surface area contributed by atoms with Crippen molar-refractivity contribution < 1.29 is 9.59 Å². The zero-order chi connectivity index (χ0) is 16.2. The van der Waals surface area contributed by atoms with Crippen molar-refractivity contribution in [3.05, 3.63) is 30.5 Å². The smallest absolute Gasteiger partial charge is 0.248 e. The van der Waals surface area contributed by atoms with Crippen LogP contribution in [0.25, 0.3) is 11.0 Å². The summed E-state index contributed by atoms with van der Waals surface area (Å²) in [5.41, 5.74) is 1.61. The number of para-hydroxylation sites is 2. The first-order chi connectivity index (χ1) is 11.1. The summed E-state index contributed by atoms with van der Waals surface area (Å²) in [4.78, 5) is 30.5. The summed E-state index contributed by atoms with van der Waals surface area (Å²) in [6.07, 6.45) is 1.84. The molecule has 0 fully saturated rings. The summed E-state index contributed by atoms with van der Waals surface area (Å²) >= 11 is 0. The number of carbonyl (C=O) groups is 2. The first-order valence-corrected chi connectivity index (χ1v) is 7.08. The van der Waals surface area contributed by atoms with Gasteiger partial charge in [-0.15, -0.1) is 5.10 Å². The molecule has 2 heterocycles. The molecule has 3 N–H and O–H groups in total. The van der Waals surface area contributed by atoms with Crippen LogP contribution in [0.4, 0.5) is 11.8 Å². The number of rotatable bonds is 5. The Balaban J connectivity index is 1.61. The van der Waals surface area contributed by atoms with Gasteiger partial charge in [0, 0.05) is 6.42 Å². The lowest BCUT2D eigenvalue weighted by Crippen LogP contribution is -2.19. The molecule has 2 amide bonds. The quantitative estimate of drug-likeness (QED) is 0.653. The third-order valence-electron chi connectivity index (χ3n) is 3.08. The van der Waals surface area contributed by atoms with Gasteiger partial charge in [0.05, 0.1) is 17.2 Å². The average molecular weight is 313 g/mol. The number of carbonyl (C=O) groups excluding carboxylic acids is 2. The van der Waals surface area contributed by atoms with Crippen LogP contribution in [0, 0.1) is 0 Å². The molecule has 0 bridgehead atoms. The van der Waals surface area contributed by atoms with Crippen LogP contribution in [0.3, 0.4) is 0 Å². The summed E-state index contributed by atoms with van der Waals surface area (Å²) in [5.74, 6) is 0.218. The summed E-state index contributed by atoms with van der Waals surface area (Å²) in [6.45, 7) is 1.70. The molecule has 9 nitrogen and oxygen atoms in total. The molecule has 9 heteroatoms. The lowest BCUT2D eigenvalue weighted by molar-refractivity contribution is -0.117. The fraction of sp³-hybridized carbons (Fsp3) is 0.214. The Labute approximate surface area is 131 Å². The minimum Gasteiger partial charge on any atom is -0.324 e. The molecular formula is C14H15N7O2. The van der Waals surface area contributed by atoms with Gasteiger partial charge in [0.25, 0.3) is 0 Å². The van der Waals surface area contributed by atoms with E-state index in [1.54, 1.807) is 6.92 Å². The zero-order valence-corrected chi connectivity index (χ0v) is 12.4. The van der Waals surface area contributed by atoms with E-state index in [1.807, 2.05) is 24.3 Å². The standard InChI is InChI=1S/C14H15N7O2/c1-2-12(22)17-11-7-21(20-19-11)8-13(23)18-14-15-9-5-3-4-6-10(9)16-14/h3-7H,2,8H2,1H3,(H,17,22)(H2,15,16,18,23). The van der Waals surface area contributed by atoms with Crippen molar-refractivity contribution in [3.63, 3.8) is 0 Å². The number of H-pyrrole nitrogens is 1. The topological polar surface area (TPSA) is 118 Å². The van der Waals surface area contributed by atoms with Crippen molar-refractivity contribution in [1.82, 2.24) is 25.0 Å². The van der Waals surface area contributed by atoms with Crippen molar-refractivity contribution in [2.24, 2.45) is 0 Å². The van der Waals surface area contributed by atoms with E-state index in [0.717, 1.165) is 11.0 Å². The van der Waals surface area contributed by atoms with Gasteiger partial charge in [-0.25, -0.2) is 9.67 Å². The van der Waals surface area contributed by atoms with Gasteiger partial charge in [-0.1, -0.05) is 24.3 Å². The summed E-state index contributed by atoms with van der Waals surface area (Å²) in [5, 5.41) is 12.8. The fourth-order valence-electron chi connectivity index (χ4n) is 1.99. The van der Waals surface area contributed by atoms with E-state index < -0.39 is 0 Å². The number of hydrogen-bond donors (Lipinski definition) is 3. The highest BCUT2D eigenvalue weighted by molar-refractivity contribution is 5.91. The molecule has 0 aliphatic heterocycles. The zero-order valence-electron chi connectivity index (χ0n) is 12.4. The van der Waals surface area contributed by atoms with E-state index in [2.05, 4.69) is 30.9 Å². The number of anilines is 2. The van der Waals surface area contributed by atoms with Crippen LogP contribution in [-0.2, 0) is 16.1 Å². The molecule has 3 aromatic rings. The highest BCUT2D eigenvalue weighted by atomic mass is 16.2. The number of nitrogens with zero attached hydrogens (tertiary/aromatic N) is 4. The van der Waals surface area contributed by atoms with Crippen LogP contribution >= 0.6 is 0 Å². The van der Waals surface area contributed by atoms with Gasteiger partial charge in [-0.3, -0.25) is 14.9 Å². The third-order valence-corrected chi connectivity index (χ3v) is 3.08. The molecule has 3 rings (SSSR count). The van der Waals surface area contributed by atoms with Gasteiger partial charge in [0.2, 0.25) is 17.8 Å².